The van der Waals surface area contributed by atoms with Gasteiger partial charge in [-0.15, -0.1) is 11.3 Å². The fraction of sp³-hybridized carbons (Fsp3) is 0.133. The van der Waals surface area contributed by atoms with Crippen molar-refractivity contribution in [3.8, 4) is 0 Å². The summed E-state index contributed by atoms with van der Waals surface area (Å²) in [4.78, 5) is 28.9. The largest absolute Gasteiger partial charge is 0.478 e. The van der Waals surface area contributed by atoms with Gasteiger partial charge in [-0.25, -0.2) is 4.79 Å². The molecule has 3 aromatic rings. The van der Waals surface area contributed by atoms with Crippen molar-refractivity contribution in [1.29, 1.82) is 0 Å². The summed E-state index contributed by atoms with van der Waals surface area (Å²) in [6.07, 6.45) is 1.69. The van der Waals surface area contributed by atoms with Gasteiger partial charge < -0.3 is 9.67 Å². The number of hydrogen-bond acceptors (Lipinski definition) is 4. The van der Waals surface area contributed by atoms with E-state index < -0.39 is 5.97 Å². The first-order chi connectivity index (χ1) is 10.1. The molecule has 5 nitrogen and oxygen atoms in total. The van der Waals surface area contributed by atoms with E-state index in [9.17, 15) is 9.59 Å². The lowest BCUT2D eigenvalue weighted by Crippen LogP contribution is -2.20. The second kappa shape index (κ2) is 5.14. The van der Waals surface area contributed by atoms with Gasteiger partial charge in [0.25, 0.3) is 5.56 Å². The molecule has 0 saturated heterocycles. The SMILES string of the molecule is Cc1nc2ccn(Cc3cccs3)c(=O)c2cc1C(=O)O. The maximum absolute atomic E-state index is 12.5. The molecule has 0 radical (unpaired) electrons. The zero-order chi connectivity index (χ0) is 15.0. The Morgan fingerprint density at radius 2 is 2.24 bits per heavy atom. The van der Waals surface area contributed by atoms with Crippen LogP contribution in [0, 0.1) is 6.92 Å². The Balaban J connectivity index is 2.17. The molecule has 3 aromatic heterocycles. The predicted molar refractivity (Wildman–Crippen MR) is 81.1 cm³/mol. The number of fused-ring (bicyclic) bond motifs is 1. The molecule has 3 heterocycles. The van der Waals surface area contributed by atoms with E-state index in [2.05, 4.69) is 4.98 Å². The minimum absolute atomic E-state index is 0.0634. The van der Waals surface area contributed by atoms with Gasteiger partial charge in [0.2, 0.25) is 0 Å². The molecule has 0 unspecified atom stereocenters. The molecule has 0 saturated carbocycles. The van der Waals surface area contributed by atoms with Crippen LogP contribution < -0.4 is 5.56 Å². The lowest BCUT2D eigenvalue weighted by molar-refractivity contribution is 0.0696. The first kappa shape index (κ1) is 13.5. The molecular formula is C15H12N2O3S. The Morgan fingerprint density at radius 1 is 1.43 bits per heavy atom. The molecule has 0 aliphatic carbocycles. The smallest absolute Gasteiger partial charge is 0.337 e. The second-order valence-electron chi connectivity index (χ2n) is 4.69. The van der Waals surface area contributed by atoms with Crippen molar-refractivity contribution in [3.05, 3.63) is 62.3 Å². The highest BCUT2D eigenvalue weighted by Crippen LogP contribution is 2.15. The first-order valence-electron chi connectivity index (χ1n) is 6.33. The van der Waals surface area contributed by atoms with Crippen LogP contribution >= 0.6 is 11.3 Å². The number of hydrogen-bond donors (Lipinski definition) is 1. The minimum Gasteiger partial charge on any atom is -0.478 e. The lowest BCUT2D eigenvalue weighted by Gasteiger charge is -2.07. The monoisotopic (exact) mass is 300 g/mol. The summed E-state index contributed by atoms with van der Waals surface area (Å²) in [5, 5.41) is 11.4. The van der Waals surface area contributed by atoms with E-state index in [1.165, 1.54) is 6.07 Å². The van der Waals surface area contributed by atoms with E-state index in [1.807, 2.05) is 17.5 Å². The average Bonchev–Trinajstić information content (AvgIpc) is 2.94. The molecule has 1 N–H and O–H groups in total. The number of pyridine rings is 2. The van der Waals surface area contributed by atoms with Crippen LogP contribution in [0.15, 0.2) is 40.6 Å². The van der Waals surface area contributed by atoms with E-state index >= 15 is 0 Å². The molecule has 0 aliphatic rings. The van der Waals surface area contributed by atoms with E-state index in [-0.39, 0.29) is 11.1 Å². The number of nitrogens with zero attached hydrogens (tertiary/aromatic N) is 2. The number of rotatable bonds is 3. The van der Waals surface area contributed by atoms with Gasteiger partial charge in [0.05, 0.1) is 28.7 Å². The van der Waals surface area contributed by atoms with Gasteiger partial charge in [-0.3, -0.25) is 9.78 Å². The summed E-state index contributed by atoms with van der Waals surface area (Å²) in [5.74, 6) is -1.07. The summed E-state index contributed by atoms with van der Waals surface area (Å²) in [6.45, 7) is 2.10. The summed E-state index contributed by atoms with van der Waals surface area (Å²) >= 11 is 1.57. The average molecular weight is 300 g/mol. The Bertz CT molecular complexity index is 882. The predicted octanol–water partition coefficient (Wildman–Crippen LogP) is 2.51. The Hall–Kier alpha value is -2.47. The minimum atomic E-state index is -1.07. The molecule has 0 bridgehead atoms. The van der Waals surface area contributed by atoms with Gasteiger partial charge in [0.15, 0.2) is 0 Å². The molecule has 3 rings (SSSR count). The van der Waals surface area contributed by atoms with Gasteiger partial charge in [-0.05, 0) is 30.5 Å². The Kier molecular flexibility index (Phi) is 3.31. The van der Waals surface area contributed by atoms with E-state index in [0.717, 1.165) is 4.88 Å². The van der Waals surface area contributed by atoms with Crippen LogP contribution in [-0.2, 0) is 6.54 Å². The van der Waals surface area contributed by atoms with E-state index in [1.54, 1.807) is 35.1 Å². The summed E-state index contributed by atoms with van der Waals surface area (Å²) < 4.78 is 1.57. The van der Waals surface area contributed by atoms with Gasteiger partial charge in [-0.1, -0.05) is 6.07 Å². The number of carboxylic acid groups (broad SMARTS) is 1. The van der Waals surface area contributed by atoms with Crippen molar-refractivity contribution < 1.29 is 9.90 Å². The standard InChI is InChI=1S/C15H12N2O3S/c1-9-11(15(19)20)7-12-13(16-9)4-5-17(14(12)18)8-10-3-2-6-21-10/h2-7H,8H2,1H3,(H,19,20). The normalized spacial score (nSPS) is 10.9. The lowest BCUT2D eigenvalue weighted by atomic mass is 10.1. The third-order valence-corrected chi connectivity index (χ3v) is 4.14. The van der Waals surface area contributed by atoms with Crippen LogP contribution in [0.1, 0.15) is 20.9 Å². The number of carboxylic acids is 1. The molecule has 0 atom stereocenters. The second-order valence-corrected chi connectivity index (χ2v) is 5.72. The highest BCUT2D eigenvalue weighted by Gasteiger charge is 2.13. The number of aryl methyl sites for hydroxylation is 1. The fourth-order valence-electron chi connectivity index (χ4n) is 2.22. The molecule has 0 spiro atoms. The zero-order valence-corrected chi connectivity index (χ0v) is 12.1. The fourth-order valence-corrected chi connectivity index (χ4v) is 2.92. The number of thiophene rings is 1. The van der Waals surface area contributed by atoms with Crippen molar-refractivity contribution in [2.45, 2.75) is 13.5 Å². The number of carbonyl (C=O) groups is 1. The van der Waals surface area contributed by atoms with Gasteiger partial charge in [-0.2, -0.15) is 0 Å². The van der Waals surface area contributed by atoms with Gasteiger partial charge >= 0.3 is 5.97 Å². The molecule has 106 valence electrons. The first-order valence-corrected chi connectivity index (χ1v) is 7.20. The van der Waals surface area contributed by atoms with Crippen molar-refractivity contribution in [3.63, 3.8) is 0 Å². The topological polar surface area (TPSA) is 72.2 Å². The summed E-state index contributed by atoms with van der Waals surface area (Å²) in [5.41, 5.74) is 0.764. The maximum Gasteiger partial charge on any atom is 0.337 e. The van der Waals surface area contributed by atoms with Crippen LogP contribution in [-0.4, -0.2) is 20.6 Å². The molecule has 0 fully saturated rings. The molecule has 21 heavy (non-hydrogen) atoms. The summed E-state index contributed by atoms with van der Waals surface area (Å²) in [6, 6.07) is 7.03. The highest BCUT2D eigenvalue weighted by atomic mass is 32.1. The molecular weight excluding hydrogens is 288 g/mol. The number of aromatic carboxylic acids is 1. The Labute approximate surface area is 124 Å². The third kappa shape index (κ3) is 2.45. The Morgan fingerprint density at radius 3 is 2.90 bits per heavy atom. The van der Waals surface area contributed by atoms with Crippen LogP contribution in [0.2, 0.25) is 0 Å². The van der Waals surface area contributed by atoms with E-state index in [0.29, 0.717) is 23.1 Å². The van der Waals surface area contributed by atoms with Crippen molar-refractivity contribution in [2.24, 2.45) is 0 Å². The van der Waals surface area contributed by atoms with Gasteiger partial charge in [0, 0.05) is 11.1 Å². The molecule has 0 aromatic carbocycles. The third-order valence-electron chi connectivity index (χ3n) is 3.28. The summed E-state index contributed by atoms with van der Waals surface area (Å²) in [7, 11) is 0. The van der Waals surface area contributed by atoms with Crippen LogP contribution in [0.4, 0.5) is 0 Å². The van der Waals surface area contributed by atoms with Crippen molar-refractivity contribution in [2.75, 3.05) is 0 Å². The zero-order valence-electron chi connectivity index (χ0n) is 11.2. The highest BCUT2D eigenvalue weighted by molar-refractivity contribution is 7.09. The maximum atomic E-state index is 12.5. The van der Waals surface area contributed by atoms with Gasteiger partial charge in [0.1, 0.15) is 0 Å². The van der Waals surface area contributed by atoms with Crippen molar-refractivity contribution in [1.82, 2.24) is 9.55 Å². The van der Waals surface area contributed by atoms with E-state index in [4.69, 9.17) is 5.11 Å². The molecule has 0 amide bonds. The van der Waals surface area contributed by atoms with Crippen LogP contribution in [0.3, 0.4) is 0 Å². The van der Waals surface area contributed by atoms with Crippen molar-refractivity contribution >= 4 is 28.2 Å². The molecule has 6 heteroatoms. The van der Waals surface area contributed by atoms with Crippen LogP contribution in [0.25, 0.3) is 10.9 Å². The quantitative estimate of drug-likeness (QED) is 0.806. The number of aromatic nitrogens is 2. The van der Waals surface area contributed by atoms with Crippen LogP contribution in [0.5, 0.6) is 0 Å². The molecule has 0 aliphatic heterocycles.